The van der Waals surface area contributed by atoms with Crippen molar-refractivity contribution >= 4 is 0 Å². The van der Waals surface area contributed by atoms with Gasteiger partial charge in [-0.3, -0.25) is 4.98 Å². The second-order valence-corrected chi connectivity index (χ2v) is 4.09. The van der Waals surface area contributed by atoms with Crippen molar-refractivity contribution in [3.63, 3.8) is 0 Å². The SMILES string of the molecule is CC(C)C(C)(C)c1ccccn1. The second kappa shape index (κ2) is 3.26. The minimum atomic E-state index is 0.182. The van der Waals surface area contributed by atoms with Gasteiger partial charge in [0.05, 0.1) is 0 Å². The third kappa shape index (κ3) is 1.66. The lowest BCUT2D eigenvalue weighted by Crippen LogP contribution is -2.25. The molecule has 0 radical (unpaired) electrons. The Morgan fingerprint density at radius 1 is 1.25 bits per heavy atom. The zero-order valence-electron chi connectivity index (χ0n) is 8.33. The molecule has 0 aliphatic carbocycles. The van der Waals surface area contributed by atoms with Gasteiger partial charge in [-0.05, 0) is 18.1 Å². The van der Waals surface area contributed by atoms with E-state index in [1.165, 1.54) is 5.69 Å². The smallest absolute Gasteiger partial charge is 0.0462 e. The fourth-order valence-corrected chi connectivity index (χ4v) is 1.04. The van der Waals surface area contributed by atoms with Crippen LogP contribution in [0.4, 0.5) is 0 Å². The van der Waals surface area contributed by atoms with E-state index >= 15 is 0 Å². The molecule has 0 amide bonds. The molecule has 1 nitrogen and oxygen atoms in total. The lowest BCUT2D eigenvalue weighted by atomic mass is 9.78. The highest BCUT2D eigenvalue weighted by Crippen LogP contribution is 2.29. The normalized spacial score (nSPS) is 12.1. The van der Waals surface area contributed by atoms with E-state index in [4.69, 9.17) is 0 Å². The van der Waals surface area contributed by atoms with E-state index in [-0.39, 0.29) is 5.41 Å². The molecular formula is C11H17N. The molecule has 1 aromatic heterocycles. The van der Waals surface area contributed by atoms with E-state index in [1.54, 1.807) is 0 Å². The van der Waals surface area contributed by atoms with Gasteiger partial charge in [-0.2, -0.15) is 0 Å². The maximum atomic E-state index is 4.37. The molecule has 66 valence electrons. The van der Waals surface area contributed by atoms with E-state index < -0.39 is 0 Å². The molecule has 1 aromatic rings. The summed E-state index contributed by atoms with van der Waals surface area (Å²) in [7, 11) is 0. The van der Waals surface area contributed by atoms with Crippen LogP contribution in [0.1, 0.15) is 33.4 Å². The van der Waals surface area contributed by atoms with E-state index in [0.717, 1.165) is 0 Å². The number of nitrogens with zero attached hydrogens (tertiary/aromatic N) is 1. The summed E-state index contributed by atoms with van der Waals surface area (Å²) in [5.41, 5.74) is 1.36. The van der Waals surface area contributed by atoms with Crippen molar-refractivity contribution in [2.75, 3.05) is 0 Å². The van der Waals surface area contributed by atoms with Gasteiger partial charge in [0.15, 0.2) is 0 Å². The molecule has 0 spiro atoms. The van der Waals surface area contributed by atoms with Gasteiger partial charge in [0.25, 0.3) is 0 Å². The summed E-state index contributed by atoms with van der Waals surface area (Å²) in [6.45, 7) is 8.93. The van der Waals surface area contributed by atoms with E-state index in [9.17, 15) is 0 Å². The van der Waals surface area contributed by atoms with Gasteiger partial charge in [0.1, 0.15) is 0 Å². The number of hydrogen-bond donors (Lipinski definition) is 0. The summed E-state index contributed by atoms with van der Waals surface area (Å²) in [5, 5.41) is 0. The van der Waals surface area contributed by atoms with Gasteiger partial charge >= 0.3 is 0 Å². The summed E-state index contributed by atoms with van der Waals surface area (Å²) >= 11 is 0. The van der Waals surface area contributed by atoms with E-state index in [1.807, 2.05) is 18.3 Å². The predicted octanol–water partition coefficient (Wildman–Crippen LogP) is 3.02. The van der Waals surface area contributed by atoms with Crippen LogP contribution in [0.15, 0.2) is 24.4 Å². The Bertz CT molecular complexity index is 236. The Morgan fingerprint density at radius 2 is 1.92 bits per heavy atom. The molecule has 0 bridgehead atoms. The van der Waals surface area contributed by atoms with Crippen LogP contribution in [0.3, 0.4) is 0 Å². The van der Waals surface area contributed by atoms with Crippen LogP contribution < -0.4 is 0 Å². The predicted molar refractivity (Wildman–Crippen MR) is 52.1 cm³/mol. The fraction of sp³-hybridized carbons (Fsp3) is 0.545. The molecule has 0 aliphatic heterocycles. The Hall–Kier alpha value is -0.850. The van der Waals surface area contributed by atoms with Gasteiger partial charge < -0.3 is 0 Å². The molecule has 0 saturated carbocycles. The molecule has 0 N–H and O–H groups in total. The molecule has 0 saturated heterocycles. The molecule has 1 heteroatoms. The Morgan fingerprint density at radius 3 is 2.33 bits per heavy atom. The van der Waals surface area contributed by atoms with Crippen molar-refractivity contribution in [3.8, 4) is 0 Å². The van der Waals surface area contributed by atoms with Crippen LogP contribution in [0.5, 0.6) is 0 Å². The van der Waals surface area contributed by atoms with Crippen molar-refractivity contribution in [1.29, 1.82) is 0 Å². The van der Waals surface area contributed by atoms with E-state index in [2.05, 4.69) is 38.7 Å². The highest BCUT2D eigenvalue weighted by atomic mass is 14.7. The van der Waals surface area contributed by atoms with Gasteiger partial charge in [-0.15, -0.1) is 0 Å². The molecule has 0 unspecified atom stereocenters. The van der Waals surface area contributed by atoms with Crippen LogP contribution >= 0.6 is 0 Å². The van der Waals surface area contributed by atoms with E-state index in [0.29, 0.717) is 5.92 Å². The lowest BCUT2D eigenvalue weighted by Gasteiger charge is -2.28. The van der Waals surface area contributed by atoms with Gasteiger partial charge in [-0.25, -0.2) is 0 Å². The minimum Gasteiger partial charge on any atom is -0.261 e. The summed E-state index contributed by atoms with van der Waals surface area (Å²) in [5.74, 6) is 0.618. The minimum absolute atomic E-state index is 0.182. The highest BCUT2D eigenvalue weighted by Gasteiger charge is 2.25. The number of rotatable bonds is 2. The van der Waals surface area contributed by atoms with Crippen molar-refractivity contribution in [2.45, 2.75) is 33.1 Å². The van der Waals surface area contributed by atoms with Crippen LogP contribution in [0.25, 0.3) is 0 Å². The molecule has 0 atom stereocenters. The molecule has 0 aliphatic rings. The Labute approximate surface area is 74.8 Å². The number of aromatic nitrogens is 1. The van der Waals surface area contributed by atoms with Gasteiger partial charge in [0.2, 0.25) is 0 Å². The molecule has 0 aromatic carbocycles. The summed E-state index contributed by atoms with van der Waals surface area (Å²) in [6, 6.07) is 6.10. The average molecular weight is 163 g/mol. The maximum absolute atomic E-state index is 4.37. The second-order valence-electron chi connectivity index (χ2n) is 4.09. The van der Waals surface area contributed by atoms with Crippen LogP contribution in [-0.2, 0) is 5.41 Å². The molecule has 1 heterocycles. The third-order valence-electron chi connectivity index (χ3n) is 2.77. The topological polar surface area (TPSA) is 12.9 Å². The van der Waals surface area contributed by atoms with Gasteiger partial charge in [-0.1, -0.05) is 33.8 Å². The monoisotopic (exact) mass is 163 g/mol. The Kier molecular flexibility index (Phi) is 2.51. The van der Waals surface area contributed by atoms with Crippen LogP contribution in [-0.4, -0.2) is 4.98 Å². The fourth-order valence-electron chi connectivity index (χ4n) is 1.04. The molecule has 12 heavy (non-hydrogen) atoms. The molecule has 1 rings (SSSR count). The molecular weight excluding hydrogens is 146 g/mol. The summed E-state index contributed by atoms with van der Waals surface area (Å²) < 4.78 is 0. The quantitative estimate of drug-likeness (QED) is 0.653. The van der Waals surface area contributed by atoms with Crippen molar-refractivity contribution in [1.82, 2.24) is 4.98 Å². The lowest BCUT2D eigenvalue weighted by molar-refractivity contribution is 0.362. The molecule has 0 fully saturated rings. The summed E-state index contributed by atoms with van der Waals surface area (Å²) in [6.07, 6.45) is 1.86. The first-order valence-electron chi connectivity index (χ1n) is 4.46. The first-order chi connectivity index (χ1) is 5.55. The maximum Gasteiger partial charge on any atom is 0.0462 e. The zero-order chi connectivity index (χ0) is 9.19. The first kappa shape index (κ1) is 9.24. The first-order valence-corrected chi connectivity index (χ1v) is 4.46. The van der Waals surface area contributed by atoms with Crippen LogP contribution in [0, 0.1) is 5.92 Å². The average Bonchev–Trinajstić information content (AvgIpc) is 2.06. The standard InChI is InChI=1S/C11H17N/c1-9(2)11(3,4)10-7-5-6-8-12-10/h5-9H,1-4H3. The third-order valence-corrected chi connectivity index (χ3v) is 2.77. The highest BCUT2D eigenvalue weighted by molar-refractivity contribution is 5.15. The van der Waals surface area contributed by atoms with Crippen molar-refractivity contribution in [3.05, 3.63) is 30.1 Å². The Balaban J connectivity index is 2.98. The van der Waals surface area contributed by atoms with Crippen LogP contribution in [0.2, 0.25) is 0 Å². The largest absolute Gasteiger partial charge is 0.261 e. The van der Waals surface area contributed by atoms with Crippen molar-refractivity contribution in [2.24, 2.45) is 5.92 Å². The van der Waals surface area contributed by atoms with Gasteiger partial charge in [0, 0.05) is 17.3 Å². The number of pyridine rings is 1. The zero-order valence-corrected chi connectivity index (χ0v) is 8.33. The summed E-state index contributed by atoms with van der Waals surface area (Å²) in [4.78, 5) is 4.37. The number of hydrogen-bond acceptors (Lipinski definition) is 1. The van der Waals surface area contributed by atoms with Crippen molar-refractivity contribution < 1.29 is 0 Å².